The normalized spacial score (nSPS) is 9.47. The van der Waals surface area contributed by atoms with Gasteiger partial charge in [0.1, 0.15) is 5.75 Å². The number of rotatable bonds is 2. The first-order chi connectivity index (χ1) is 7.13. The van der Waals surface area contributed by atoms with Crippen molar-refractivity contribution < 1.29 is 19.1 Å². The molecule has 0 heterocycles. The van der Waals surface area contributed by atoms with Crippen molar-refractivity contribution in [3.05, 3.63) is 28.7 Å². The van der Waals surface area contributed by atoms with Crippen LogP contribution >= 0.6 is 15.9 Å². The average molecular weight is 273 g/mol. The molecule has 4 nitrogen and oxygen atoms in total. The van der Waals surface area contributed by atoms with E-state index in [1.807, 2.05) is 0 Å². The Bertz CT molecular complexity index is 358. The molecule has 0 aliphatic carbocycles. The van der Waals surface area contributed by atoms with Crippen LogP contribution in [0.15, 0.2) is 28.7 Å². The van der Waals surface area contributed by atoms with Gasteiger partial charge in [-0.15, -0.1) is 0 Å². The highest BCUT2D eigenvalue weighted by Crippen LogP contribution is 2.16. The monoisotopic (exact) mass is 272 g/mol. The van der Waals surface area contributed by atoms with Crippen LogP contribution in [0.3, 0.4) is 0 Å². The van der Waals surface area contributed by atoms with Crippen LogP contribution in [0.1, 0.15) is 6.92 Å². The SMILES string of the molecule is CCOC(=O)C(=O)Oc1ccc(Br)cc1. The Labute approximate surface area is 95.3 Å². The summed E-state index contributed by atoms with van der Waals surface area (Å²) >= 11 is 3.23. The number of hydrogen-bond donors (Lipinski definition) is 0. The zero-order valence-corrected chi connectivity index (χ0v) is 9.61. The van der Waals surface area contributed by atoms with Gasteiger partial charge in [-0.2, -0.15) is 0 Å². The van der Waals surface area contributed by atoms with Crippen molar-refractivity contribution in [3.63, 3.8) is 0 Å². The van der Waals surface area contributed by atoms with Crippen molar-refractivity contribution in [1.29, 1.82) is 0 Å². The standard InChI is InChI=1S/C10H9BrO4/c1-2-14-9(12)10(13)15-8-5-3-7(11)4-6-8/h3-6H,2H2,1H3. The minimum atomic E-state index is -1.01. The van der Waals surface area contributed by atoms with Gasteiger partial charge in [0, 0.05) is 4.47 Å². The van der Waals surface area contributed by atoms with Crippen LogP contribution in [0, 0.1) is 0 Å². The van der Waals surface area contributed by atoms with Gasteiger partial charge < -0.3 is 9.47 Å². The third-order valence-corrected chi connectivity index (χ3v) is 1.99. The first-order valence-electron chi connectivity index (χ1n) is 4.28. The van der Waals surface area contributed by atoms with E-state index in [4.69, 9.17) is 4.74 Å². The minimum Gasteiger partial charge on any atom is -0.458 e. The maximum Gasteiger partial charge on any atom is 0.422 e. The summed E-state index contributed by atoms with van der Waals surface area (Å²) in [6.45, 7) is 1.76. The largest absolute Gasteiger partial charge is 0.458 e. The van der Waals surface area contributed by atoms with Crippen molar-refractivity contribution >= 4 is 27.9 Å². The molecule has 0 radical (unpaired) electrons. The van der Waals surface area contributed by atoms with Crippen molar-refractivity contribution in [2.45, 2.75) is 6.92 Å². The van der Waals surface area contributed by atoms with Gasteiger partial charge in [0.25, 0.3) is 0 Å². The van der Waals surface area contributed by atoms with E-state index in [1.54, 1.807) is 31.2 Å². The molecule has 0 atom stereocenters. The predicted octanol–water partition coefficient (Wildman–Crippen LogP) is 1.92. The Kier molecular flexibility index (Phi) is 4.30. The van der Waals surface area contributed by atoms with Gasteiger partial charge >= 0.3 is 11.9 Å². The first-order valence-corrected chi connectivity index (χ1v) is 5.07. The number of ether oxygens (including phenoxy) is 2. The zero-order valence-electron chi connectivity index (χ0n) is 8.03. The molecule has 0 unspecified atom stereocenters. The molecule has 1 aromatic rings. The van der Waals surface area contributed by atoms with E-state index in [9.17, 15) is 9.59 Å². The lowest BCUT2D eigenvalue weighted by molar-refractivity contribution is -0.161. The second-order valence-corrected chi connectivity index (χ2v) is 3.48. The highest BCUT2D eigenvalue weighted by Gasteiger charge is 2.17. The van der Waals surface area contributed by atoms with Crippen molar-refractivity contribution in [2.24, 2.45) is 0 Å². The van der Waals surface area contributed by atoms with Crippen LogP contribution in [0.5, 0.6) is 5.75 Å². The van der Waals surface area contributed by atoms with Crippen molar-refractivity contribution in [2.75, 3.05) is 6.61 Å². The number of carbonyl (C=O) groups excluding carboxylic acids is 2. The maximum absolute atomic E-state index is 11.1. The third-order valence-electron chi connectivity index (χ3n) is 1.47. The topological polar surface area (TPSA) is 52.6 Å². The predicted molar refractivity (Wildman–Crippen MR) is 56.4 cm³/mol. The fraction of sp³-hybridized carbons (Fsp3) is 0.200. The number of halogens is 1. The average Bonchev–Trinajstić information content (AvgIpc) is 2.22. The first kappa shape index (κ1) is 11.7. The molecule has 0 spiro atoms. The Morgan fingerprint density at radius 2 is 1.80 bits per heavy atom. The van der Waals surface area contributed by atoms with Crippen LogP contribution in [0.2, 0.25) is 0 Å². The van der Waals surface area contributed by atoms with Gasteiger partial charge in [-0.25, -0.2) is 9.59 Å². The number of benzene rings is 1. The Balaban J connectivity index is 2.58. The van der Waals surface area contributed by atoms with E-state index in [0.29, 0.717) is 5.75 Å². The summed E-state index contributed by atoms with van der Waals surface area (Å²) in [5.41, 5.74) is 0. The number of hydrogen-bond acceptors (Lipinski definition) is 4. The van der Waals surface area contributed by atoms with Gasteiger partial charge in [0.2, 0.25) is 0 Å². The molecule has 1 aromatic carbocycles. The molecule has 0 saturated heterocycles. The molecule has 80 valence electrons. The second-order valence-electron chi connectivity index (χ2n) is 2.56. The van der Waals surface area contributed by atoms with Gasteiger partial charge in [-0.05, 0) is 31.2 Å². The molecule has 0 fully saturated rings. The van der Waals surface area contributed by atoms with Crippen LogP contribution in [0.4, 0.5) is 0 Å². The quantitative estimate of drug-likeness (QED) is 0.469. The van der Waals surface area contributed by atoms with E-state index < -0.39 is 11.9 Å². The third kappa shape index (κ3) is 3.71. The Morgan fingerprint density at radius 1 is 1.20 bits per heavy atom. The highest BCUT2D eigenvalue weighted by molar-refractivity contribution is 9.10. The van der Waals surface area contributed by atoms with Crippen LogP contribution < -0.4 is 4.74 Å². The van der Waals surface area contributed by atoms with E-state index in [0.717, 1.165) is 4.47 Å². The summed E-state index contributed by atoms with van der Waals surface area (Å²) in [6, 6.07) is 6.55. The molecule has 0 saturated carbocycles. The minimum absolute atomic E-state index is 0.147. The van der Waals surface area contributed by atoms with Crippen LogP contribution in [0.25, 0.3) is 0 Å². The molecule has 0 aromatic heterocycles. The number of carbonyl (C=O) groups is 2. The van der Waals surface area contributed by atoms with E-state index in [-0.39, 0.29) is 6.61 Å². The van der Waals surface area contributed by atoms with Crippen molar-refractivity contribution in [1.82, 2.24) is 0 Å². The second kappa shape index (κ2) is 5.50. The summed E-state index contributed by atoms with van der Waals surface area (Å²) in [5.74, 6) is -1.70. The van der Waals surface area contributed by atoms with Gasteiger partial charge in [-0.3, -0.25) is 0 Å². The molecular formula is C10H9BrO4. The summed E-state index contributed by atoms with van der Waals surface area (Å²) in [6.07, 6.45) is 0. The fourth-order valence-electron chi connectivity index (χ4n) is 0.841. The van der Waals surface area contributed by atoms with Gasteiger partial charge in [0.15, 0.2) is 0 Å². The van der Waals surface area contributed by atoms with Crippen LogP contribution in [-0.4, -0.2) is 18.5 Å². The van der Waals surface area contributed by atoms with Gasteiger partial charge in [0.05, 0.1) is 6.61 Å². The molecule has 0 N–H and O–H groups in total. The highest BCUT2D eigenvalue weighted by atomic mass is 79.9. The molecule has 0 bridgehead atoms. The molecule has 5 heteroatoms. The lowest BCUT2D eigenvalue weighted by atomic mass is 10.3. The summed E-state index contributed by atoms with van der Waals surface area (Å²) in [4.78, 5) is 22.0. The lowest BCUT2D eigenvalue weighted by Gasteiger charge is -2.03. The van der Waals surface area contributed by atoms with Crippen molar-refractivity contribution in [3.8, 4) is 5.75 Å². The van der Waals surface area contributed by atoms with Crippen LogP contribution in [-0.2, 0) is 14.3 Å². The zero-order chi connectivity index (χ0) is 11.3. The van der Waals surface area contributed by atoms with E-state index in [1.165, 1.54) is 0 Å². The van der Waals surface area contributed by atoms with E-state index in [2.05, 4.69) is 20.7 Å². The molecule has 0 aliphatic heterocycles. The van der Waals surface area contributed by atoms with Gasteiger partial charge in [-0.1, -0.05) is 15.9 Å². The summed E-state index contributed by atoms with van der Waals surface area (Å²) < 4.78 is 10.1. The molecule has 0 aliphatic rings. The molecule has 0 amide bonds. The Morgan fingerprint density at radius 3 is 2.33 bits per heavy atom. The number of esters is 2. The fourth-order valence-corrected chi connectivity index (χ4v) is 1.11. The molecular weight excluding hydrogens is 264 g/mol. The molecule has 15 heavy (non-hydrogen) atoms. The lowest BCUT2D eigenvalue weighted by Crippen LogP contribution is -2.22. The van der Waals surface area contributed by atoms with E-state index >= 15 is 0 Å². The Hall–Kier alpha value is -1.36. The maximum atomic E-state index is 11.1. The molecule has 1 rings (SSSR count). The smallest absolute Gasteiger partial charge is 0.422 e. The summed E-state index contributed by atoms with van der Waals surface area (Å²) in [5, 5.41) is 0. The summed E-state index contributed by atoms with van der Waals surface area (Å²) in [7, 11) is 0.